The number of rotatable bonds is 4. The highest BCUT2D eigenvalue weighted by atomic mass is 16.5. The zero-order valence-electron chi connectivity index (χ0n) is 13.3. The number of carbonyl (C=O) groups excluding carboxylic acids is 1. The molecular formula is C20H17NO3. The van der Waals surface area contributed by atoms with Crippen LogP contribution in [0.4, 0.5) is 0 Å². The summed E-state index contributed by atoms with van der Waals surface area (Å²) in [6, 6.07) is 20.7. The summed E-state index contributed by atoms with van der Waals surface area (Å²) >= 11 is 0. The first-order chi connectivity index (χ1) is 11.7. The Bertz CT molecular complexity index is 899. The SMILES string of the molecule is CCOC(=O)c1cn(-c2ccccc2)c(-c2ccccc2)cc1=O. The summed E-state index contributed by atoms with van der Waals surface area (Å²) in [7, 11) is 0. The van der Waals surface area contributed by atoms with Gasteiger partial charge in [-0.3, -0.25) is 4.79 Å². The first-order valence-corrected chi connectivity index (χ1v) is 7.75. The highest BCUT2D eigenvalue weighted by molar-refractivity contribution is 5.89. The molecular weight excluding hydrogens is 302 g/mol. The average Bonchev–Trinajstić information content (AvgIpc) is 2.63. The maximum atomic E-state index is 12.4. The average molecular weight is 319 g/mol. The normalized spacial score (nSPS) is 10.4. The van der Waals surface area contributed by atoms with Crippen molar-refractivity contribution in [1.82, 2.24) is 4.57 Å². The van der Waals surface area contributed by atoms with Gasteiger partial charge in [0.15, 0.2) is 5.43 Å². The van der Waals surface area contributed by atoms with Crippen LogP contribution >= 0.6 is 0 Å². The van der Waals surface area contributed by atoms with Gasteiger partial charge in [0, 0.05) is 18.0 Å². The smallest absolute Gasteiger partial charge is 0.343 e. The van der Waals surface area contributed by atoms with Gasteiger partial charge in [-0.1, -0.05) is 48.5 Å². The highest BCUT2D eigenvalue weighted by Gasteiger charge is 2.16. The van der Waals surface area contributed by atoms with Crippen LogP contribution in [-0.2, 0) is 4.74 Å². The van der Waals surface area contributed by atoms with E-state index in [1.165, 1.54) is 6.07 Å². The number of hydrogen-bond donors (Lipinski definition) is 0. The van der Waals surface area contributed by atoms with E-state index in [9.17, 15) is 9.59 Å². The summed E-state index contributed by atoms with van der Waals surface area (Å²) in [6.07, 6.45) is 1.55. The monoisotopic (exact) mass is 319 g/mol. The lowest BCUT2D eigenvalue weighted by molar-refractivity contribution is 0.0524. The number of hydrogen-bond acceptors (Lipinski definition) is 3. The van der Waals surface area contributed by atoms with Gasteiger partial charge in [-0.15, -0.1) is 0 Å². The molecule has 0 saturated heterocycles. The van der Waals surface area contributed by atoms with Gasteiger partial charge in [-0.05, 0) is 24.6 Å². The Labute approximate surface area is 140 Å². The molecule has 3 aromatic rings. The van der Waals surface area contributed by atoms with Gasteiger partial charge >= 0.3 is 5.97 Å². The molecule has 0 aliphatic rings. The van der Waals surface area contributed by atoms with E-state index in [2.05, 4.69) is 0 Å². The Morgan fingerprint density at radius 3 is 2.25 bits per heavy atom. The van der Waals surface area contributed by atoms with Gasteiger partial charge in [0.2, 0.25) is 0 Å². The van der Waals surface area contributed by atoms with Crippen LogP contribution in [0.25, 0.3) is 16.9 Å². The Kier molecular flexibility index (Phi) is 4.57. The molecule has 0 aliphatic heterocycles. The van der Waals surface area contributed by atoms with Crippen LogP contribution in [-0.4, -0.2) is 17.1 Å². The lowest BCUT2D eigenvalue weighted by Gasteiger charge is -2.15. The van der Waals surface area contributed by atoms with Crippen LogP contribution in [0, 0.1) is 0 Å². The predicted molar refractivity (Wildman–Crippen MR) is 93.4 cm³/mol. The van der Waals surface area contributed by atoms with E-state index in [0.717, 1.165) is 16.9 Å². The maximum Gasteiger partial charge on any atom is 0.343 e. The third-order valence-electron chi connectivity index (χ3n) is 3.65. The summed E-state index contributed by atoms with van der Waals surface area (Å²) in [4.78, 5) is 24.5. The quantitative estimate of drug-likeness (QED) is 0.689. The van der Waals surface area contributed by atoms with Crippen molar-refractivity contribution < 1.29 is 9.53 Å². The fraction of sp³-hybridized carbons (Fsp3) is 0.100. The first-order valence-electron chi connectivity index (χ1n) is 7.75. The van der Waals surface area contributed by atoms with E-state index in [4.69, 9.17) is 4.74 Å². The molecule has 0 spiro atoms. The molecule has 0 radical (unpaired) electrons. The molecule has 1 aromatic heterocycles. The zero-order chi connectivity index (χ0) is 16.9. The number of benzene rings is 2. The van der Waals surface area contributed by atoms with E-state index in [1.54, 1.807) is 13.1 Å². The van der Waals surface area contributed by atoms with Crippen LogP contribution in [0.15, 0.2) is 77.7 Å². The van der Waals surface area contributed by atoms with E-state index in [1.807, 2.05) is 65.2 Å². The van der Waals surface area contributed by atoms with Crippen LogP contribution in [0.3, 0.4) is 0 Å². The molecule has 24 heavy (non-hydrogen) atoms. The second-order valence-electron chi connectivity index (χ2n) is 5.23. The third kappa shape index (κ3) is 3.13. The molecule has 0 aliphatic carbocycles. The van der Waals surface area contributed by atoms with Gasteiger partial charge in [-0.25, -0.2) is 4.79 Å². The summed E-state index contributed by atoms with van der Waals surface area (Å²) in [6.45, 7) is 1.94. The minimum absolute atomic E-state index is 0.0281. The van der Waals surface area contributed by atoms with Crippen molar-refractivity contribution in [1.29, 1.82) is 0 Å². The summed E-state index contributed by atoms with van der Waals surface area (Å²) in [5.41, 5.74) is 2.16. The summed E-state index contributed by atoms with van der Waals surface area (Å²) in [5.74, 6) is -0.605. The lowest BCUT2D eigenvalue weighted by atomic mass is 10.1. The van der Waals surface area contributed by atoms with Gasteiger partial charge in [0.1, 0.15) is 5.56 Å². The van der Waals surface area contributed by atoms with E-state index in [0.29, 0.717) is 0 Å². The number of para-hydroxylation sites is 1. The van der Waals surface area contributed by atoms with Crippen molar-refractivity contribution in [3.05, 3.63) is 88.7 Å². The van der Waals surface area contributed by atoms with Gasteiger partial charge < -0.3 is 9.30 Å². The lowest BCUT2D eigenvalue weighted by Crippen LogP contribution is -2.20. The molecule has 0 fully saturated rings. The topological polar surface area (TPSA) is 48.3 Å². The Morgan fingerprint density at radius 1 is 1.00 bits per heavy atom. The van der Waals surface area contributed by atoms with Gasteiger partial charge in [0.25, 0.3) is 0 Å². The standard InChI is InChI=1S/C20H17NO3/c1-2-24-20(23)17-14-21(16-11-7-4-8-12-16)18(13-19(17)22)15-9-5-3-6-10-15/h3-14H,2H2,1H3. The molecule has 0 atom stereocenters. The van der Waals surface area contributed by atoms with Crippen molar-refractivity contribution in [2.75, 3.05) is 6.61 Å². The summed E-state index contributed by atoms with van der Waals surface area (Å²) in [5, 5.41) is 0. The highest BCUT2D eigenvalue weighted by Crippen LogP contribution is 2.22. The number of nitrogens with zero attached hydrogens (tertiary/aromatic N) is 1. The summed E-state index contributed by atoms with van der Waals surface area (Å²) < 4.78 is 6.83. The number of esters is 1. The van der Waals surface area contributed by atoms with Crippen LogP contribution < -0.4 is 5.43 Å². The Hall–Kier alpha value is -3.14. The molecule has 0 saturated carbocycles. The zero-order valence-corrected chi connectivity index (χ0v) is 13.3. The molecule has 4 heteroatoms. The molecule has 0 bridgehead atoms. The Morgan fingerprint density at radius 2 is 1.62 bits per heavy atom. The third-order valence-corrected chi connectivity index (χ3v) is 3.65. The molecule has 2 aromatic carbocycles. The van der Waals surface area contributed by atoms with Gasteiger partial charge in [-0.2, -0.15) is 0 Å². The van der Waals surface area contributed by atoms with Crippen molar-refractivity contribution in [2.24, 2.45) is 0 Å². The van der Waals surface area contributed by atoms with Crippen molar-refractivity contribution >= 4 is 5.97 Å². The van der Waals surface area contributed by atoms with Crippen molar-refractivity contribution in [3.63, 3.8) is 0 Å². The van der Waals surface area contributed by atoms with Crippen LogP contribution in [0.1, 0.15) is 17.3 Å². The first kappa shape index (κ1) is 15.7. The second-order valence-corrected chi connectivity index (χ2v) is 5.23. The molecule has 0 N–H and O–H groups in total. The second kappa shape index (κ2) is 6.96. The molecule has 3 rings (SSSR count). The fourth-order valence-electron chi connectivity index (χ4n) is 2.53. The maximum absolute atomic E-state index is 12.4. The van der Waals surface area contributed by atoms with E-state index < -0.39 is 5.97 Å². The van der Waals surface area contributed by atoms with Crippen LogP contribution in [0.5, 0.6) is 0 Å². The van der Waals surface area contributed by atoms with E-state index in [-0.39, 0.29) is 17.6 Å². The number of ether oxygens (including phenoxy) is 1. The molecule has 4 nitrogen and oxygen atoms in total. The fourth-order valence-corrected chi connectivity index (χ4v) is 2.53. The van der Waals surface area contributed by atoms with Crippen molar-refractivity contribution in [2.45, 2.75) is 6.92 Å². The minimum atomic E-state index is -0.605. The molecule has 0 amide bonds. The number of carbonyl (C=O) groups is 1. The Balaban J connectivity index is 2.24. The molecule has 0 unspecified atom stereocenters. The molecule has 120 valence electrons. The van der Waals surface area contributed by atoms with E-state index >= 15 is 0 Å². The van der Waals surface area contributed by atoms with Gasteiger partial charge in [0.05, 0.1) is 12.3 Å². The largest absolute Gasteiger partial charge is 0.462 e. The van der Waals surface area contributed by atoms with Crippen molar-refractivity contribution in [3.8, 4) is 16.9 Å². The minimum Gasteiger partial charge on any atom is -0.462 e. The number of pyridine rings is 1. The van der Waals surface area contributed by atoms with Crippen LogP contribution in [0.2, 0.25) is 0 Å². The molecule has 1 heterocycles. The predicted octanol–water partition coefficient (Wildman–Crippen LogP) is 3.68. The number of aromatic nitrogens is 1.